The van der Waals surface area contributed by atoms with Crippen molar-refractivity contribution in [2.24, 2.45) is 0 Å². The van der Waals surface area contributed by atoms with Crippen LogP contribution in [0.25, 0.3) is 0 Å². The summed E-state index contributed by atoms with van der Waals surface area (Å²) in [5.41, 5.74) is 1.40. The number of carbonyl (C=O) groups is 2. The number of carboxylic acid groups (broad SMARTS) is 1. The van der Waals surface area contributed by atoms with Gasteiger partial charge in [-0.3, -0.25) is 25.5 Å². The zero-order chi connectivity index (χ0) is 20.1. The van der Waals surface area contributed by atoms with Crippen LogP contribution in [0.3, 0.4) is 0 Å². The Labute approximate surface area is 160 Å². The highest BCUT2D eigenvalue weighted by molar-refractivity contribution is 7.13. The first-order chi connectivity index (χ1) is 13.4. The Morgan fingerprint density at radius 2 is 1.89 bits per heavy atom. The quantitative estimate of drug-likeness (QED) is 0.418. The lowest BCUT2D eigenvalue weighted by Crippen LogP contribution is -2.12. The molecule has 11 nitrogen and oxygen atoms in total. The molecule has 0 saturated heterocycles. The lowest BCUT2D eigenvalue weighted by molar-refractivity contribution is -0.385. The van der Waals surface area contributed by atoms with Gasteiger partial charge in [-0.25, -0.2) is 4.79 Å². The van der Waals surface area contributed by atoms with Gasteiger partial charge >= 0.3 is 11.8 Å². The van der Waals surface area contributed by atoms with Crippen LogP contribution in [0.5, 0.6) is 11.5 Å². The predicted molar refractivity (Wildman–Crippen MR) is 99.1 cm³/mol. The van der Waals surface area contributed by atoms with Gasteiger partial charge in [-0.05, 0) is 36.4 Å². The summed E-state index contributed by atoms with van der Waals surface area (Å²) in [6, 6.07) is 9.55. The number of hydrogen-bond acceptors (Lipinski definition) is 8. The standard InChI is InChI=1S/C16H11N5O6S/c22-14(19-15-20-17-8-28-15)9-1-6-13(12(7-9)21(25)26)27-11-4-2-10(3-5-11)18-16(23)24/h1-8,18H,(H,23,24)(H,19,20,22). The molecule has 3 rings (SSSR count). The molecule has 0 spiro atoms. The highest BCUT2D eigenvalue weighted by Gasteiger charge is 2.20. The highest BCUT2D eigenvalue weighted by atomic mass is 32.1. The second-order valence-corrected chi connectivity index (χ2v) is 6.03. The number of aromatic nitrogens is 2. The van der Waals surface area contributed by atoms with E-state index in [-0.39, 0.29) is 22.2 Å². The van der Waals surface area contributed by atoms with Gasteiger partial charge < -0.3 is 9.84 Å². The van der Waals surface area contributed by atoms with Gasteiger partial charge in [-0.1, -0.05) is 11.3 Å². The van der Waals surface area contributed by atoms with E-state index in [0.717, 1.165) is 17.4 Å². The molecule has 0 fully saturated rings. The maximum absolute atomic E-state index is 12.2. The number of nitro benzene ring substituents is 1. The third-order valence-electron chi connectivity index (χ3n) is 3.33. The van der Waals surface area contributed by atoms with Gasteiger partial charge in [-0.15, -0.1) is 10.2 Å². The summed E-state index contributed by atoms with van der Waals surface area (Å²) in [4.78, 5) is 33.5. The topological polar surface area (TPSA) is 157 Å². The number of anilines is 2. The number of nitrogens with zero attached hydrogens (tertiary/aromatic N) is 3. The summed E-state index contributed by atoms with van der Waals surface area (Å²) in [5.74, 6) is -0.392. The highest BCUT2D eigenvalue weighted by Crippen LogP contribution is 2.33. The number of nitrogens with one attached hydrogen (secondary N) is 2. The van der Waals surface area contributed by atoms with E-state index in [9.17, 15) is 19.7 Å². The molecule has 142 valence electrons. The van der Waals surface area contributed by atoms with Crippen LogP contribution >= 0.6 is 11.3 Å². The van der Waals surface area contributed by atoms with Crippen LogP contribution in [0.2, 0.25) is 0 Å². The van der Waals surface area contributed by atoms with Gasteiger partial charge in [0.15, 0.2) is 0 Å². The molecule has 3 N–H and O–H groups in total. The van der Waals surface area contributed by atoms with Gasteiger partial charge in [0.05, 0.1) is 4.92 Å². The van der Waals surface area contributed by atoms with Crippen molar-refractivity contribution in [3.05, 3.63) is 63.7 Å². The molecule has 0 aliphatic heterocycles. The van der Waals surface area contributed by atoms with Crippen LogP contribution in [0.1, 0.15) is 10.4 Å². The maximum atomic E-state index is 12.2. The second-order valence-electron chi connectivity index (χ2n) is 5.19. The third kappa shape index (κ3) is 4.56. The number of rotatable bonds is 6. The first-order valence-corrected chi connectivity index (χ1v) is 8.44. The molecule has 0 atom stereocenters. The first kappa shape index (κ1) is 18.7. The van der Waals surface area contributed by atoms with E-state index in [2.05, 4.69) is 20.8 Å². The number of benzene rings is 2. The molecule has 2 amide bonds. The number of amides is 2. The van der Waals surface area contributed by atoms with E-state index < -0.39 is 22.6 Å². The summed E-state index contributed by atoms with van der Waals surface area (Å²) < 4.78 is 5.50. The zero-order valence-electron chi connectivity index (χ0n) is 13.9. The molecule has 0 saturated carbocycles. The molecule has 12 heteroatoms. The van der Waals surface area contributed by atoms with Gasteiger partial charge in [0.2, 0.25) is 10.9 Å². The molecule has 2 aromatic carbocycles. The number of carbonyl (C=O) groups excluding carboxylic acids is 1. The van der Waals surface area contributed by atoms with Crippen molar-refractivity contribution in [3.63, 3.8) is 0 Å². The number of nitro groups is 1. The molecule has 28 heavy (non-hydrogen) atoms. The summed E-state index contributed by atoms with van der Waals surface area (Å²) in [7, 11) is 0. The Morgan fingerprint density at radius 3 is 2.50 bits per heavy atom. The van der Waals surface area contributed by atoms with E-state index in [1.165, 1.54) is 41.9 Å². The Hall–Kier alpha value is -4.06. The summed E-state index contributed by atoms with van der Waals surface area (Å²) in [5, 5.41) is 32.2. The third-order valence-corrected chi connectivity index (χ3v) is 3.94. The average molecular weight is 401 g/mol. The summed E-state index contributed by atoms with van der Waals surface area (Å²) in [6.07, 6.45) is -1.22. The molecule has 3 aromatic rings. The molecule has 0 unspecified atom stereocenters. The maximum Gasteiger partial charge on any atom is 0.409 e. The normalized spacial score (nSPS) is 10.1. The molecular weight excluding hydrogens is 390 g/mol. The summed E-state index contributed by atoms with van der Waals surface area (Å²) in [6.45, 7) is 0. The molecule has 0 bridgehead atoms. The van der Waals surface area contributed by atoms with Crippen molar-refractivity contribution in [1.82, 2.24) is 10.2 Å². The fourth-order valence-electron chi connectivity index (χ4n) is 2.14. The predicted octanol–water partition coefficient (Wildman–Crippen LogP) is 3.58. The van der Waals surface area contributed by atoms with E-state index in [0.29, 0.717) is 5.69 Å². The van der Waals surface area contributed by atoms with Crippen molar-refractivity contribution >= 4 is 39.8 Å². The van der Waals surface area contributed by atoms with E-state index in [1.807, 2.05) is 0 Å². The first-order valence-electron chi connectivity index (χ1n) is 7.56. The minimum absolute atomic E-state index is 0.0512. The van der Waals surface area contributed by atoms with Gasteiger partial charge in [0.1, 0.15) is 11.3 Å². The Bertz CT molecular complexity index is 1020. The lowest BCUT2D eigenvalue weighted by atomic mass is 10.1. The van der Waals surface area contributed by atoms with Crippen molar-refractivity contribution in [3.8, 4) is 11.5 Å². The largest absolute Gasteiger partial charge is 0.465 e. The monoisotopic (exact) mass is 401 g/mol. The lowest BCUT2D eigenvalue weighted by Gasteiger charge is -2.09. The molecule has 0 aliphatic carbocycles. The van der Waals surface area contributed by atoms with Crippen molar-refractivity contribution in [2.45, 2.75) is 0 Å². The van der Waals surface area contributed by atoms with E-state index in [1.54, 1.807) is 0 Å². The van der Waals surface area contributed by atoms with Crippen LogP contribution in [0.15, 0.2) is 48.0 Å². The fraction of sp³-hybridized carbons (Fsp3) is 0. The number of ether oxygens (including phenoxy) is 1. The van der Waals surface area contributed by atoms with Gasteiger partial charge in [-0.2, -0.15) is 0 Å². The molecular formula is C16H11N5O6S. The fourth-order valence-corrected chi connectivity index (χ4v) is 2.58. The average Bonchev–Trinajstić information content (AvgIpc) is 3.16. The van der Waals surface area contributed by atoms with Crippen molar-refractivity contribution in [2.75, 3.05) is 10.6 Å². The minimum Gasteiger partial charge on any atom is -0.465 e. The number of hydrogen-bond donors (Lipinski definition) is 3. The van der Waals surface area contributed by atoms with Crippen molar-refractivity contribution in [1.29, 1.82) is 0 Å². The van der Waals surface area contributed by atoms with E-state index in [4.69, 9.17) is 9.84 Å². The second kappa shape index (κ2) is 8.09. The SMILES string of the molecule is O=C(O)Nc1ccc(Oc2ccc(C(=O)Nc3nncs3)cc2[N+](=O)[O-])cc1. The zero-order valence-corrected chi connectivity index (χ0v) is 14.7. The van der Waals surface area contributed by atoms with Crippen LogP contribution < -0.4 is 15.4 Å². The van der Waals surface area contributed by atoms with Crippen LogP contribution in [-0.4, -0.2) is 32.2 Å². The Morgan fingerprint density at radius 1 is 1.14 bits per heavy atom. The van der Waals surface area contributed by atoms with E-state index >= 15 is 0 Å². The molecule has 0 aliphatic rings. The minimum atomic E-state index is -1.22. The Kier molecular flexibility index (Phi) is 5.41. The van der Waals surface area contributed by atoms with Crippen LogP contribution in [0, 0.1) is 10.1 Å². The summed E-state index contributed by atoms with van der Waals surface area (Å²) >= 11 is 1.11. The van der Waals surface area contributed by atoms with Crippen LogP contribution in [-0.2, 0) is 0 Å². The van der Waals surface area contributed by atoms with Gasteiger partial charge in [0.25, 0.3) is 5.91 Å². The smallest absolute Gasteiger partial charge is 0.409 e. The van der Waals surface area contributed by atoms with Crippen molar-refractivity contribution < 1.29 is 24.4 Å². The molecule has 0 radical (unpaired) electrons. The van der Waals surface area contributed by atoms with Gasteiger partial charge in [0, 0.05) is 17.3 Å². The molecule has 1 aromatic heterocycles. The molecule has 1 heterocycles. The van der Waals surface area contributed by atoms with Crippen LogP contribution in [0.4, 0.5) is 21.3 Å². The Balaban J connectivity index is 1.80.